The lowest BCUT2D eigenvalue weighted by molar-refractivity contribution is -0.126. The van der Waals surface area contributed by atoms with Crippen LogP contribution in [0.3, 0.4) is 0 Å². The summed E-state index contributed by atoms with van der Waals surface area (Å²) in [7, 11) is -1.81. The molecule has 0 aromatic heterocycles. The summed E-state index contributed by atoms with van der Waals surface area (Å²) in [5, 5.41) is 2.87. The van der Waals surface area contributed by atoms with E-state index >= 15 is 0 Å². The highest BCUT2D eigenvalue weighted by Crippen LogP contribution is 2.24. The van der Waals surface area contributed by atoms with Gasteiger partial charge in [-0.25, -0.2) is 17.1 Å². The van der Waals surface area contributed by atoms with Crippen LogP contribution < -0.4 is 10.1 Å². The SMILES string of the molecule is COc1ccc(C(C)NC(=O)C2CCN(S(C)(=O)=O)CC2)cc1F. The molecule has 2 rings (SSSR count). The fourth-order valence-electron chi connectivity index (χ4n) is 2.82. The molecule has 134 valence electrons. The first-order valence-corrected chi connectivity index (χ1v) is 9.66. The van der Waals surface area contributed by atoms with Gasteiger partial charge in [0.25, 0.3) is 0 Å². The molecule has 6 nitrogen and oxygen atoms in total. The molecule has 0 aliphatic carbocycles. The quantitative estimate of drug-likeness (QED) is 0.869. The average Bonchev–Trinajstić information content (AvgIpc) is 2.54. The van der Waals surface area contributed by atoms with Gasteiger partial charge in [0.2, 0.25) is 15.9 Å². The van der Waals surface area contributed by atoms with E-state index in [1.54, 1.807) is 13.0 Å². The van der Waals surface area contributed by atoms with E-state index in [2.05, 4.69) is 5.32 Å². The topological polar surface area (TPSA) is 75.7 Å². The molecule has 1 aromatic carbocycles. The van der Waals surface area contributed by atoms with Crippen LogP contribution in [0.5, 0.6) is 5.75 Å². The van der Waals surface area contributed by atoms with Crippen molar-refractivity contribution in [1.82, 2.24) is 9.62 Å². The number of methoxy groups -OCH3 is 1. The van der Waals surface area contributed by atoms with E-state index in [0.29, 0.717) is 31.5 Å². The number of carbonyl (C=O) groups is 1. The van der Waals surface area contributed by atoms with Crippen molar-refractivity contribution in [3.8, 4) is 5.75 Å². The lowest BCUT2D eigenvalue weighted by Gasteiger charge is -2.30. The van der Waals surface area contributed by atoms with Crippen molar-refractivity contribution < 1.29 is 22.3 Å². The third-order valence-electron chi connectivity index (χ3n) is 4.33. The van der Waals surface area contributed by atoms with Gasteiger partial charge in [0.05, 0.1) is 19.4 Å². The molecule has 1 aliphatic rings. The lowest BCUT2D eigenvalue weighted by atomic mass is 9.96. The number of carbonyl (C=O) groups excluding carboxylic acids is 1. The molecule has 1 atom stereocenters. The van der Waals surface area contributed by atoms with Gasteiger partial charge in [-0.2, -0.15) is 0 Å². The predicted molar refractivity (Wildman–Crippen MR) is 88.7 cm³/mol. The summed E-state index contributed by atoms with van der Waals surface area (Å²) in [6.45, 7) is 2.48. The van der Waals surface area contributed by atoms with Gasteiger partial charge in [-0.05, 0) is 37.5 Å². The number of hydrogen-bond donors (Lipinski definition) is 1. The first-order chi connectivity index (χ1) is 11.2. The molecule has 1 aromatic rings. The summed E-state index contributed by atoms with van der Waals surface area (Å²) >= 11 is 0. The van der Waals surface area contributed by atoms with E-state index in [-0.39, 0.29) is 23.6 Å². The minimum atomic E-state index is -3.20. The van der Waals surface area contributed by atoms with Crippen molar-refractivity contribution in [3.05, 3.63) is 29.6 Å². The summed E-state index contributed by atoms with van der Waals surface area (Å²) in [6, 6.07) is 4.23. The predicted octanol–water partition coefficient (Wildman–Crippen LogP) is 1.68. The molecule has 8 heteroatoms. The average molecular weight is 358 g/mol. The molecular formula is C16H23FN2O4S. The highest BCUT2D eigenvalue weighted by Gasteiger charge is 2.29. The number of ether oxygens (including phenoxy) is 1. The van der Waals surface area contributed by atoms with E-state index in [1.807, 2.05) is 0 Å². The van der Waals surface area contributed by atoms with Crippen LogP contribution in [0.4, 0.5) is 4.39 Å². The fraction of sp³-hybridized carbons (Fsp3) is 0.562. The molecule has 0 saturated carbocycles. The number of hydrogen-bond acceptors (Lipinski definition) is 4. The zero-order chi connectivity index (χ0) is 17.9. The van der Waals surface area contributed by atoms with E-state index in [0.717, 1.165) is 0 Å². The number of rotatable bonds is 5. The first kappa shape index (κ1) is 18.7. The van der Waals surface area contributed by atoms with Crippen molar-refractivity contribution in [1.29, 1.82) is 0 Å². The third kappa shape index (κ3) is 4.45. The van der Waals surface area contributed by atoms with Crippen molar-refractivity contribution in [2.24, 2.45) is 5.92 Å². The number of nitrogens with zero attached hydrogens (tertiary/aromatic N) is 1. The maximum Gasteiger partial charge on any atom is 0.223 e. The third-order valence-corrected chi connectivity index (χ3v) is 5.63. The minimum Gasteiger partial charge on any atom is -0.494 e. The zero-order valence-electron chi connectivity index (χ0n) is 14.1. The van der Waals surface area contributed by atoms with Crippen LogP contribution in [-0.4, -0.2) is 45.1 Å². The number of amides is 1. The second-order valence-corrected chi connectivity index (χ2v) is 8.04. The minimum absolute atomic E-state index is 0.133. The largest absolute Gasteiger partial charge is 0.494 e. The molecule has 1 amide bonds. The highest BCUT2D eigenvalue weighted by atomic mass is 32.2. The summed E-state index contributed by atoms with van der Waals surface area (Å²) in [5.74, 6) is -0.677. The number of piperidine rings is 1. The first-order valence-electron chi connectivity index (χ1n) is 7.81. The van der Waals surface area contributed by atoms with Gasteiger partial charge in [-0.1, -0.05) is 6.07 Å². The van der Waals surface area contributed by atoms with Gasteiger partial charge in [0.15, 0.2) is 11.6 Å². The number of nitrogens with one attached hydrogen (secondary N) is 1. The van der Waals surface area contributed by atoms with Gasteiger partial charge < -0.3 is 10.1 Å². The molecule has 1 fully saturated rings. The molecule has 1 saturated heterocycles. The summed E-state index contributed by atoms with van der Waals surface area (Å²) < 4.78 is 43.0. The molecule has 0 spiro atoms. The van der Waals surface area contributed by atoms with Gasteiger partial charge in [-0.3, -0.25) is 4.79 Å². The van der Waals surface area contributed by atoms with Crippen LogP contribution in [0, 0.1) is 11.7 Å². The van der Waals surface area contributed by atoms with Crippen molar-refractivity contribution >= 4 is 15.9 Å². The molecule has 0 bridgehead atoms. The van der Waals surface area contributed by atoms with Crippen molar-refractivity contribution in [3.63, 3.8) is 0 Å². The fourth-order valence-corrected chi connectivity index (χ4v) is 3.69. The molecule has 1 unspecified atom stereocenters. The van der Waals surface area contributed by atoms with Crippen LogP contribution in [0.15, 0.2) is 18.2 Å². The monoisotopic (exact) mass is 358 g/mol. The maximum absolute atomic E-state index is 13.8. The molecule has 0 radical (unpaired) electrons. The molecule has 1 N–H and O–H groups in total. The van der Waals surface area contributed by atoms with Gasteiger partial charge in [0, 0.05) is 19.0 Å². The van der Waals surface area contributed by atoms with Crippen LogP contribution in [-0.2, 0) is 14.8 Å². The van der Waals surface area contributed by atoms with E-state index in [4.69, 9.17) is 4.74 Å². The normalized spacial score (nSPS) is 18.2. The maximum atomic E-state index is 13.8. The molecular weight excluding hydrogens is 335 g/mol. The van der Waals surface area contributed by atoms with Gasteiger partial charge >= 0.3 is 0 Å². The standard InChI is InChI=1S/C16H23FN2O4S/c1-11(13-4-5-15(23-2)14(17)10-13)18-16(20)12-6-8-19(9-7-12)24(3,21)22/h4-5,10-12H,6-9H2,1-3H3,(H,18,20). The van der Waals surface area contributed by atoms with Crippen LogP contribution in [0.1, 0.15) is 31.4 Å². The Hall–Kier alpha value is -1.67. The Balaban J connectivity index is 1.94. The Morgan fingerprint density at radius 2 is 2.00 bits per heavy atom. The highest BCUT2D eigenvalue weighted by molar-refractivity contribution is 7.88. The van der Waals surface area contributed by atoms with E-state index < -0.39 is 15.8 Å². The Bertz CT molecular complexity index is 700. The Morgan fingerprint density at radius 1 is 1.38 bits per heavy atom. The summed E-state index contributed by atoms with van der Waals surface area (Å²) in [5.41, 5.74) is 0.648. The van der Waals surface area contributed by atoms with Gasteiger partial charge in [0.1, 0.15) is 0 Å². The molecule has 24 heavy (non-hydrogen) atoms. The summed E-state index contributed by atoms with van der Waals surface area (Å²) in [6.07, 6.45) is 2.15. The molecule has 1 heterocycles. The van der Waals surface area contributed by atoms with Crippen molar-refractivity contribution in [2.45, 2.75) is 25.8 Å². The van der Waals surface area contributed by atoms with Crippen LogP contribution >= 0.6 is 0 Å². The van der Waals surface area contributed by atoms with E-state index in [1.165, 1.54) is 29.8 Å². The second-order valence-electron chi connectivity index (χ2n) is 6.06. The van der Waals surface area contributed by atoms with Crippen LogP contribution in [0.25, 0.3) is 0 Å². The Morgan fingerprint density at radius 3 is 2.50 bits per heavy atom. The van der Waals surface area contributed by atoms with E-state index in [9.17, 15) is 17.6 Å². The summed E-state index contributed by atoms with van der Waals surface area (Å²) in [4.78, 5) is 12.3. The number of benzene rings is 1. The van der Waals surface area contributed by atoms with Crippen LogP contribution in [0.2, 0.25) is 0 Å². The molecule has 1 aliphatic heterocycles. The Kier molecular flexibility index (Phi) is 5.82. The lowest BCUT2D eigenvalue weighted by Crippen LogP contribution is -2.43. The number of sulfonamides is 1. The van der Waals surface area contributed by atoms with Gasteiger partial charge in [-0.15, -0.1) is 0 Å². The second kappa shape index (κ2) is 7.48. The van der Waals surface area contributed by atoms with Crippen molar-refractivity contribution in [2.75, 3.05) is 26.5 Å². The Labute approximate surface area is 142 Å². The smallest absolute Gasteiger partial charge is 0.223 e. The number of halogens is 1. The zero-order valence-corrected chi connectivity index (χ0v) is 14.9.